The molecule has 0 aliphatic heterocycles. The van der Waals surface area contributed by atoms with Crippen LogP contribution in [0.5, 0.6) is 0 Å². The quantitative estimate of drug-likeness (QED) is 0.497. The molecule has 0 heterocycles. The third-order valence-electron chi connectivity index (χ3n) is 4.74. The number of Topliss-reactive ketones (excluding diaryl/α,β-unsaturated/α-hetero) is 1. The molecule has 3 rings (SSSR count). The molecule has 0 fully saturated rings. The van der Waals surface area contributed by atoms with Gasteiger partial charge in [0.05, 0.1) is 4.90 Å². The van der Waals surface area contributed by atoms with Crippen molar-refractivity contribution in [1.82, 2.24) is 4.72 Å². The monoisotopic (exact) mass is 436 g/mol. The highest BCUT2D eigenvalue weighted by Crippen LogP contribution is 2.15. The second kappa shape index (κ2) is 10.1. The van der Waals surface area contributed by atoms with Crippen LogP contribution in [0.3, 0.4) is 0 Å². The molecular weight excluding hydrogens is 412 g/mol. The Balaban J connectivity index is 1.53. The number of hydrogen-bond acceptors (Lipinski definition) is 4. The van der Waals surface area contributed by atoms with Crippen molar-refractivity contribution in [3.8, 4) is 0 Å². The van der Waals surface area contributed by atoms with Crippen LogP contribution in [0, 0.1) is 0 Å². The van der Waals surface area contributed by atoms with Crippen molar-refractivity contribution in [2.24, 2.45) is 0 Å². The van der Waals surface area contributed by atoms with Crippen LogP contribution in [0.1, 0.15) is 34.8 Å². The predicted octanol–water partition coefficient (Wildman–Crippen LogP) is 3.94. The standard InChI is InChI=1S/C24H24N2O4S/c1-18(27)21-8-5-9-22(16-21)26-24(28)15-12-19-10-13-23(14-11-19)31(29,30)25-17-20-6-3-2-4-7-20/h2-11,13-14,16,25H,12,15,17H2,1H3,(H,26,28). The molecule has 0 saturated carbocycles. The number of nitrogens with one attached hydrogen (secondary N) is 2. The van der Waals surface area contributed by atoms with Gasteiger partial charge in [0.15, 0.2) is 5.78 Å². The number of anilines is 1. The van der Waals surface area contributed by atoms with Crippen molar-refractivity contribution in [1.29, 1.82) is 0 Å². The Morgan fingerprint density at radius 2 is 1.55 bits per heavy atom. The molecule has 1 amide bonds. The van der Waals surface area contributed by atoms with Crippen molar-refractivity contribution in [3.63, 3.8) is 0 Å². The van der Waals surface area contributed by atoms with E-state index >= 15 is 0 Å². The van der Waals surface area contributed by atoms with Crippen LogP contribution < -0.4 is 10.0 Å². The fourth-order valence-electron chi connectivity index (χ4n) is 2.99. The lowest BCUT2D eigenvalue weighted by atomic mass is 10.1. The fourth-order valence-corrected chi connectivity index (χ4v) is 4.01. The lowest BCUT2D eigenvalue weighted by Crippen LogP contribution is -2.23. The molecule has 7 heteroatoms. The van der Waals surface area contributed by atoms with Crippen LogP contribution in [0.25, 0.3) is 0 Å². The van der Waals surface area contributed by atoms with Gasteiger partial charge >= 0.3 is 0 Å². The lowest BCUT2D eigenvalue weighted by Gasteiger charge is -2.09. The van der Waals surface area contributed by atoms with Crippen LogP contribution in [0.4, 0.5) is 5.69 Å². The van der Waals surface area contributed by atoms with Crippen LogP contribution in [-0.2, 0) is 27.8 Å². The molecule has 3 aromatic carbocycles. The van der Waals surface area contributed by atoms with Gasteiger partial charge in [0.1, 0.15) is 0 Å². The number of rotatable bonds is 9. The van der Waals surface area contributed by atoms with Crippen LogP contribution in [0.15, 0.2) is 83.8 Å². The van der Waals surface area contributed by atoms with E-state index in [4.69, 9.17) is 0 Å². The van der Waals surface area contributed by atoms with E-state index in [0.717, 1.165) is 11.1 Å². The van der Waals surface area contributed by atoms with Gasteiger partial charge in [-0.2, -0.15) is 0 Å². The van der Waals surface area contributed by atoms with Crippen LogP contribution in [-0.4, -0.2) is 20.1 Å². The zero-order valence-corrected chi connectivity index (χ0v) is 18.0. The molecule has 0 bridgehead atoms. The highest BCUT2D eigenvalue weighted by molar-refractivity contribution is 7.89. The van der Waals surface area contributed by atoms with E-state index in [1.54, 1.807) is 36.4 Å². The van der Waals surface area contributed by atoms with Crippen molar-refractivity contribution >= 4 is 27.4 Å². The Morgan fingerprint density at radius 3 is 2.23 bits per heavy atom. The fraction of sp³-hybridized carbons (Fsp3) is 0.167. The van der Waals surface area contributed by atoms with Gasteiger partial charge in [0.2, 0.25) is 15.9 Å². The summed E-state index contributed by atoms with van der Waals surface area (Å²) in [6.45, 7) is 1.69. The molecule has 160 valence electrons. The molecule has 0 spiro atoms. The van der Waals surface area contributed by atoms with E-state index in [9.17, 15) is 18.0 Å². The van der Waals surface area contributed by atoms with Gasteiger partial charge in [-0.25, -0.2) is 13.1 Å². The maximum absolute atomic E-state index is 12.5. The third kappa shape index (κ3) is 6.60. The minimum atomic E-state index is -3.62. The number of carbonyl (C=O) groups excluding carboxylic acids is 2. The van der Waals surface area contributed by atoms with Crippen molar-refractivity contribution < 1.29 is 18.0 Å². The summed E-state index contributed by atoms with van der Waals surface area (Å²) in [5.74, 6) is -0.244. The Kier molecular flexibility index (Phi) is 7.33. The summed E-state index contributed by atoms with van der Waals surface area (Å²) in [7, 11) is -3.62. The molecule has 0 aliphatic rings. The summed E-state index contributed by atoms with van der Waals surface area (Å²) < 4.78 is 27.5. The minimum Gasteiger partial charge on any atom is -0.326 e. The Bertz CT molecular complexity index is 1160. The maximum atomic E-state index is 12.5. The SMILES string of the molecule is CC(=O)c1cccc(NC(=O)CCc2ccc(S(=O)(=O)NCc3ccccc3)cc2)c1. The number of sulfonamides is 1. The first-order valence-corrected chi connectivity index (χ1v) is 11.4. The molecule has 0 aromatic heterocycles. The zero-order valence-electron chi connectivity index (χ0n) is 17.2. The molecule has 2 N–H and O–H groups in total. The molecule has 0 radical (unpaired) electrons. The van der Waals surface area contributed by atoms with E-state index in [2.05, 4.69) is 10.0 Å². The second-order valence-electron chi connectivity index (χ2n) is 7.14. The topological polar surface area (TPSA) is 92.3 Å². The van der Waals surface area contributed by atoms with Crippen LogP contribution in [0.2, 0.25) is 0 Å². The van der Waals surface area contributed by atoms with Gasteiger partial charge in [0.25, 0.3) is 0 Å². The summed E-state index contributed by atoms with van der Waals surface area (Å²) in [6, 6.07) is 22.6. The first kappa shape index (κ1) is 22.4. The normalized spacial score (nSPS) is 11.1. The number of amides is 1. The maximum Gasteiger partial charge on any atom is 0.240 e. The summed E-state index contributed by atoms with van der Waals surface area (Å²) in [5, 5.41) is 2.78. The molecule has 31 heavy (non-hydrogen) atoms. The smallest absolute Gasteiger partial charge is 0.240 e. The Labute approximate surface area is 182 Å². The van der Waals surface area contributed by atoms with Gasteiger partial charge in [0, 0.05) is 24.2 Å². The summed E-state index contributed by atoms with van der Waals surface area (Å²) in [5.41, 5.74) is 2.84. The second-order valence-corrected chi connectivity index (χ2v) is 8.91. The zero-order chi connectivity index (χ0) is 22.3. The van der Waals surface area contributed by atoms with E-state index in [0.29, 0.717) is 17.7 Å². The van der Waals surface area contributed by atoms with E-state index < -0.39 is 10.0 Å². The van der Waals surface area contributed by atoms with E-state index in [-0.39, 0.29) is 29.6 Å². The van der Waals surface area contributed by atoms with E-state index in [1.165, 1.54) is 19.1 Å². The van der Waals surface area contributed by atoms with Crippen molar-refractivity contribution in [2.45, 2.75) is 31.2 Å². The van der Waals surface area contributed by atoms with Gasteiger partial charge < -0.3 is 5.32 Å². The van der Waals surface area contributed by atoms with Crippen molar-refractivity contribution in [3.05, 3.63) is 95.6 Å². The van der Waals surface area contributed by atoms with Crippen LogP contribution >= 0.6 is 0 Å². The van der Waals surface area contributed by atoms with Gasteiger partial charge in [-0.05, 0) is 48.7 Å². The average Bonchev–Trinajstić information content (AvgIpc) is 2.77. The molecular formula is C24H24N2O4S. The largest absolute Gasteiger partial charge is 0.326 e. The molecule has 0 atom stereocenters. The number of carbonyl (C=O) groups is 2. The Hall–Kier alpha value is -3.29. The molecule has 3 aromatic rings. The molecule has 0 aliphatic carbocycles. The molecule has 0 unspecified atom stereocenters. The predicted molar refractivity (Wildman–Crippen MR) is 120 cm³/mol. The minimum absolute atomic E-state index is 0.0654. The van der Waals surface area contributed by atoms with Gasteiger partial charge in [-0.1, -0.05) is 54.6 Å². The number of hydrogen-bond donors (Lipinski definition) is 2. The van der Waals surface area contributed by atoms with Gasteiger partial charge in [-0.3, -0.25) is 9.59 Å². The first-order chi connectivity index (χ1) is 14.8. The summed E-state index contributed by atoms with van der Waals surface area (Å²) in [6.07, 6.45) is 0.707. The van der Waals surface area contributed by atoms with Crippen molar-refractivity contribution in [2.75, 3.05) is 5.32 Å². The third-order valence-corrected chi connectivity index (χ3v) is 6.15. The lowest BCUT2D eigenvalue weighted by molar-refractivity contribution is -0.116. The first-order valence-electron chi connectivity index (χ1n) is 9.87. The molecule has 6 nitrogen and oxygen atoms in total. The number of benzene rings is 3. The molecule has 0 saturated heterocycles. The average molecular weight is 437 g/mol. The number of aryl methyl sites for hydroxylation is 1. The number of ketones is 1. The Morgan fingerprint density at radius 1 is 0.839 bits per heavy atom. The summed E-state index contributed by atoms with van der Waals surface area (Å²) >= 11 is 0. The summed E-state index contributed by atoms with van der Waals surface area (Å²) in [4.78, 5) is 23.8. The van der Waals surface area contributed by atoms with Gasteiger partial charge in [-0.15, -0.1) is 0 Å². The highest BCUT2D eigenvalue weighted by Gasteiger charge is 2.14. The van der Waals surface area contributed by atoms with E-state index in [1.807, 2.05) is 30.3 Å². The highest BCUT2D eigenvalue weighted by atomic mass is 32.2.